The molecule has 0 fully saturated rings. The van der Waals surface area contributed by atoms with Crippen LogP contribution in [0.1, 0.15) is 47.0 Å². The highest BCUT2D eigenvalue weighted by Crippen LogP contribution is 2.08. The number of esters is 1. The summed E-state index contributed by atoms with van der Waals surface area (Å²) in [7, 11) is 0. The summed E-state index contributed by atoms with van der Waals surface area (Å²) in [6.45, 7) is 9.94. The Hall–Kier alpha value is -0.610. The van der Waals surface area contributed by atoms with E-state index >= 15 is 0 Å². The maximum atomic E-state index is 11.8. The normalized spacial score (nSPS) is 14.4. The van der Waals surface area contributed by atoms with E-state index in [4.69, 9.17) is 9.47 Å². The predicted molar refractivity (Wildman–Crippen MR) is 69.1 cm³/mol. The molecule has 0 aliphatic carbocycles. The summed E-state index contributed by atoms with van der Waals surface area (Å²) in [4.78, 5) is 11.8. The summed E-state index contributed by atoms with van der Waals surface area (Å²) in [6, 6.07) is 0. The maximum Gasteiger partial charge on any atom is 0.328 e. The second kappa shape index (κ2) is 9.42. The zero-order valence-electron chi connectivity index (χ0n) is 11.7. The van der Waals surface area contributed by atoms with Gasteiger partial charge in [0.05, 0.1) is 13.2 Å². The average Bonchev–Trinajstić information content (AvgIpc) is 2.29. The fourth-order valence-corrected chi connectivity index (χ4v) is 1.59. The fourth-order valence-electron chi connectivity index (χ4n) is 1.59. The van der Waals surface area contributed by atoms with E-state index < -0.39 is 5.54 Å². The SMILES string of the molecule is CCCCCOCC(C)(NCC)C(=O)OCC. The van der Waals surface area contributed by atoms with Crippen LogP contribution >= 0.6 is 0 Å². The van der Waals surface area contributed by atoms with Gasteiger partial charge < -0.3 is 14.8 Å². The number of hydrogen-bond acceptors (Lipinski definition) is 4. The lowest BCUT2D eigenvalue weighted by Gasteiger charge is -2.27. The quantitative estimate of drug-likeness (QED) is 0.473. The maximum absolute atomic E-state index is 11.8. The van der Waals surface area contributed by atoms with E-state index in [0.717, 1.165) is 12.8 Å². The molecule has 17 heavy (non-hydrogen) atoms. The van der Waals surface area contributed by atoms with Gasteiger partial charge in [0.1, 0.15) is 5.54 Å². The number of carbonyl (C=O) groups excluding carboxylic acids is 1. The van der Waals surface area contributed by atoms with Gasteiger partial charge in [-0.3, -0.25) is 0 Å². The Morgan fingerprint density at radius 1 is 1.24 bits per heavy atom. The van der Waals surface area contributed by atoms with Crippen LogP contribution in [0.25, 0.3) is 0 Å². The van der Waals surface area contributed by atoms with Crippen LogP contribution in [0.4, 0.5) is 0 Å². The Morgan fingerprint density at radius 2 is 1.94 bits per heavy atom. The molecule has 0 aliphatic heterocycles. The molecule has 4 heteroatoms. The molecule has 0 aromatic rings. The van der Waals surface area contributed by atoms with E-state index in [1.165, 1.54) is 6.42 Å². The molecule has 102 valence electrons. The van der Waals surface area contributed by atoms with E-state index in [2.05, 4.69) is 12.2 Å². The van der Waals surface area contributed by atoms with E-state index in [1.54, 1.807) is 0 Å². The molecule has 0 aliphatic rings. The lowest BCUT2D eigenvalue weighted by atomic mass is 10.0. The molecule has 0 aromatic carbocycles. The van der Waals surface area contributed by atoms with Crippen molar-refractivity contribution in [3.05, 3.63) is 0 Å². The van der Waals surface area contributed by atoms with Crippen LogP contribution in [-0.2, 0) is 14.3 Å². The van der Waals surface area contributed by atoms with Gasteiger partial charge in [-0.1, -0.05) is 26.7 Å². The van der Waals surface area contributed by atoms with Gasteiger partial charge in [-0.05, 0) is 26.8 Å². The minimum atomic E-state index is -0.725. The lowest BCUT2D eigenvalue weighted by molar-refractivity contribution is -0.153. The third-order valence-corrected chi connectivity index (χ3v) is 2.58. The average molecular weight is 245 g/mol. The molecule has 1 N–H and O–H groups in total. The van der Waals surface area contributed by atoms with Gasteiger partial charge in [0.25, 0.3) is 0 Å². The highest BCUT2D eigenvalue weighted by molar-refractivity contribution is 5.80. The van der Waals surface area contributed by atoms with Crippen molar-refractivity contribution in [3.63, 3.8) is 0 Å². The van der Waals surface area contributed by atoms with Gasteiger partial charge >= 0.3 is 5.97 Å². The van der Waals surface area contributed by atoms with Crippen molar-refractivity contribution in [3.8, 4) is 0 Å². The van der Waals surface area contributed by atoms with Crippen molar-refractivity contribution in [2.24, 2.45) is 0 Å². The van der Waals surface area contributed by atoms with Crippen LogP contribution < -0.4 is 5.32 Å². The molecule has 0 aromatic heterocycles. The molecule has 0 spiro atoms. The Kier molecular flexibility index (Phi) is 9.09. The summed E-state index contributed by atoms with van der Waals surface area (Å²) in [5.41, 5.74) is -0.725. The van der Waals surface area contributed by atoms with Gasteiger partial charge in [0, 0.05) is 6.61 Å². The Bertz CT molecular complexity index is 209. The number of hydrogen-bond donors (Lipinski definition) is 1. The van der Waals surface area contributed by atoms with E-state index in [9.17, 15) is 4.79 Å². The molecule has 1 unspecified atom stereocenters. The molecule has 0 radical (unpaired) electrons. The Balaban J connectivity index is 4.07. The largest absolute Gasteiger partial charge is 0.465 e. The summed E-state index contributed by atoms with van der Waals surface area (Å²) in [6.07, 6.45) is 3.38. The van der Waals surface area contributed by atoms with E-state index in [0.29, 0.717) is 26.4 Å². The first-order chi connectivity index (χ1) is 8.10. The first-order valence-electron chi connectivity index (χ1n) is 6.60. The summed E-state index contributed by atoms with van der Waals surface area (Å²) in [5.74, 6) is -0.239. The number of rotatable bonds is 10. The van der Waals surface area contributed by atoms with Crippen molar-refractivity contribution in [2.75, 3.05) is 26.4 Å². The summed E-state index contributed by atoms with van der Waals surface area (Å²) >= 11 is 0. The highest BCUT2D eigenvalue weighted by Gasteiger charge is 2.34. The molecule has 0 saturated carbocycles. The molecule has 0 rings (SSSR count). The molecule has 0 saturated heterocycles. The van der Waals surface area contributed by atoms with Gasteiger partial charge in [-0.15, -0.1) is 0 Å². The third kappa shape index (κ3) is 6.64. The monoisotopic (exact) mass is 245 g/mol. The number of ether oxygens (including phenoxy) is 2. The molecule has 1 atom stereocenters. The van der Waals surface area contributed by atoms with Crippen LogP contribution in [0.3, 0.4) is 0 Å². The molecule has 0 bridgehead atoms. The number of likely N-dealkylation sites (N-methyl/N-ethyl adjacent to an activating group) is 1. The molecular weight excluding hydrogens is 218 g/mol. The van der Waals surface area contributed by atoms with Crippen molar-refractivity contribution in [1.29, 1.82) is 0 Å². The zero-order valence-corrected chi connectivity index (χ0v) is 11.7. The van der Waals surface area contributed by atoms with Crippen LogP contribution in [0.2, 0.25) is 0 Å². The van der Waals surface area contributed by atoms with Crippen molar-refractivity contribution < 1.29 is 14.3 Å². The van der Waals surface area contributed by atoms with Crippen molar-refractivity contribution in [1.82, 2.24) is 5.32 Å². The van der Waals surface area contributed by atoms with Gasteiger partial charge in [0.2, 0.25) is 0 Å². The van der Waals surface area contributed by atoms with Gasteiger partial charge in [0.15, 0.2) is 0 Å². The summed E-state index contributed by atoms with van der Waals surface area (Å²) in [5, 5.41) is 3.13. The second-order valence-corrected chi connectivity index (χ2v) is 4.34. The Labute approximate surface area is 105 Å². The predicted octanol–water partition coefficient (Wildman–Crippen LogP) is 2.12. The number of unbranched alkanes of at least 4 members (excludes halogenated alkanes) is 2. The van der Waals surface area contributed by atoms with Crippen LogP contribution in [0.5, 0.6) is 0 Å². The smallest absolute Gasteiger partial charge is 0.328 e. The minimum Gasteiger partial charge on any atom is -0.465 e. The highest BCUT2D eigenvalue weighted by atomic mass is 16.5. The van der Waals surface area contributed by atoms with Crippen LogP contribution in [-0.4, -0.2) is 37.9 Å². The number of nitrogens with one attached hydrogen (secondary N) is 1. The van der Waals surface area contributed by atoms with Gasteiger partial charge in [-0.2, -0.15) is 0 Å². The molecular formula is C13H27NO3. The molecule has 0 heterocycles. The first-order valence-corrected chi connectivity index (χ1v) is 6.60. The first kappa shape index (κ1) is 16.4. The van der Waals surface area contributed by atoms with Gasteiger partial charge in [-0.25, -0.2) is 4.79 Å². The summed E-state index contributed by atoms with van der Waals surface area (Å²) < 4.78 is 10.6. The van der Waals surface area contributed by atoms with Crippen LogP contribution in [0, 0.1) is 0 Å². The standard InChI is InChI=1S/C13H27NO3/c1-5-8-9-10-16-11-13(4,14-6-2)12(15)17-7-3/h14H,5-11H2,1-4H3. The Morgan fingerprint density at radius 3 is 2.47 bits per heavy atom. The van der Waals surface area contributed by atoms with Crippen LogP contribution in [0.15, 0.2) is 0 Å². The minimum absolute atomic E-state index is 0.239. The third-order valence-electron chi connectivity index (χ3n) is 2.58. The molecule has 4 nitrogen and oxygen atoms in total. The second-order valence-electron chi connectivity index (χ2n) is 4.34. The van der Waals surface area contributed by atoms with E-state index in [-0.39, 0.29) is 5.97 Å². The number of carbonyl (C=O) groups is 1. The zero-order chi connectivity index (χ0) is 13.1. The van der Waals surface area contributed by atoms with Crippen molar-refractivity contribution >= 4 is 5.97 Å². The lowest BCUT2D eigenvalue weighted by Crippen LogP contribution is -2.54. The fraction of sp³-hybridized carbons (Fsp3) is 0.923. The van der Waals surface area contributed by atoms with E-state index in [1.807, 2.05) is 20.8 Å². The van der Waals surface area contributed by atoms with Crippen molar-refractivity contribution in [2.45, 2.75) is 52.5 Å². The molecule has 0 amide bonds. The topological polar surface area (TPSA) is 47.6 Å².